The topological polar surface area (TPSA) is 9.23 Å². The van der Waals surface area contributed by atoms with Crippen molar-refractivity contribution < 1.29 is 4.74 Å². The van der Waals surface area contributed by atoms with E-state index < -0.39 is 0 Å². The lowest BCUT2D eigenvalue weighted by Crippen LogP contribution is -2.37. The molecule has 0 heterocycles. The molecule has 0 aromatic heterocycles. The van der Waals surface area contributed by atoms with Gasteiger partial charge in [-0.15, -0.1) is 0 Å². The van der Waals surface area contributed by atoms with E-state index in [-0.39, 0.29) is 0 Å². The van der Waals surface area contributed by atoms with Gasteiger partial charge in [0.25, 0.3) is 0 Å². The summed E-state index contributed by atoms with van der Waals surface area (Å²) in [6.07, 6.45) is 9.31. The SMILES string of the molecule is C1[C]2CC3CC1CC(C2)C3.C[CH]OC. The van der Waals surface area contributed by atoms with Gasteiger partial charge in [-0.25, -0.2) is 0 Å². The number of hydrogen-bond acceptors (Lipinski definition) is 1. The van der Waals surface area contributed by atoms with Crippen LogP contribution < -0.4 is 0 Å². The summed E-state index contributed by atoms with van der Waals surface area (Å²) in [5, 5.41) is 0. The van der Waals surface area contributed by atoms with E-state index in [4.69, 9.17) is 0 Å². The van der Waals surface area contributed by atoms with Crippen LogP contribution in [-0.4, -0.2) is 7.11 Å². The second-order valence-corrected chi connectivity index (χ2v) is 5.14. The van der Waals surface area contributed by atoms with Crippen LogP contribution in [0.3, 0.4) is 0 Å². The van der Waals surface area contributed by atoms with Crippen LogP contribution in [0.4, 0.5) is 0 Å². The number of ether oxygens (including phenoxy) is 1. The van der Waals surface area contributed by atoms with Crippen molar-refractivity contribution in [2.24, 2.45) is 17.8 Å². The molecular weight excluding hydrogens is 172 g/mol. The molecule has 1 heteroatoms. The Morgan fingerprint density at radius 2 is 1.36 bits per heavy atom. The average Bonchev–Trinajstić information content (AvgIpc) is 2.16. The smallest absolute Gasteiger partial charge is 0.0801 e. The third-order valence-electron chi connectivity index (χ3n) is 3.97. The van der Waals surface area contributed by atoms with Gasteiger partial charge in [0.1, 0.15) is 0 Å². The molecule has 14 heavy (non-hydrogen) atoms. The quantitative estimate of drug-likeness (QED) is 0.619. The molecule has 2 radical (unpaired) electrons. The molecule has 80 valence electrons. The maximum atomic E-state index is 4.42. The van der Waals surface area contributed by atoms with Crippen molar-refractivity contribution in [1.82, 2.24) is 0 Å². The zero-order valence-electron chi connectivity index (χ0n) is 9.46. The first kappa shape index (κ1) is 10.5. The van der Waals surface area contributed by atoms with Gasteiger partial charge in [0.15, 0.2) is 0 Å². The van der Waals surface area contributed by atoms with E-state index in [1.54, 1.807) is 33.0 Å². The number of rotatable bonds is 1. The Morgan fingerprint density at radius 1 is 1.00 bits per heavy atom. The van der Waals surface area contributed by atoms with Crippen molar-refractivity contribution in [1.29, 1.82) is 0 Å². The summed E-state index contributed by atoms with van der Waals surface area (Å²) < 4.78 is 4.42. The second-order valence-electron chi connectivity index (χ2n) is 5.14. The highest BCUT2D eigenvalue weighted by Gasteiger charge is 2.42. The maximum Gasteiger partial charge on any atom is 0.0801 e. The van der Waals surface area contributed by atoms with Crippen LogP contribution in [0, 0.1) is 30.3 Å². The summed E-state index contributed by atoms with van der Waals surface area (Å²) in [6, 6.07) is 0. The first-order valence-electron chi connectivity index (χ1n) is 5.96. The van der Waals surface area contributed by atoms with Crippen molar-refractivity contribution in [3.63, 3.8) is 0 Å². The van der Waals surface area contributed by atoms with Gasteiger partial charge >= 0.3 is 0 Å². The van der Waals surface area contributed by atoms with E-state index in [1.807, 2.05) is 12.8 Å². The Kier molecular flexibility index (Phi) is 3.48. The van der Waals surface area contributed by atoms with Gasteiger partial charge in [-0.05, 0) is 69.1 Å². The Bertz CT molecular complexity index is 118. The third-order valence-corrected chi connectivity index (χ3v) is 3.97. The van der Waals surface area contributed by atoms with Gasteiger partial charge in [0.05, 0.1) is 6.61 Å². The van der Waals surface area contributed by atoms with E-state index in [2.05, 4.69) is 4.74 Å². The number of hydrogen-bond donors (Lipinski definition) is 0. The van der Waals surface area contributed by atoms with E-state index >= 15 is 0 Å². The number of methoxy groups -OCH3 is 1. The predicted molar refractivity (Wildman–Crippen MR) is 58.4 cm³/mol. The Labute approximate surface area is 88.2 Å². The zero-order valence-corrected chi connectivity index (χ0v) is 9.46. The molecule has 4 aliphatic carbocycles. The highest BCUT2D eigenvalue weighted by molar-refractivity contribution is 5.08. The molecule has 0 aliphatic heterocycles. The van der Waals surface area contributed by atoms with Gasteiger partial charge in [0, 0.05) is 7.11 Å². The minimum Gasteiger partial charge on any atom is -0.379 e. The molecule has 0 aromatic rings. The molecule has 0 aromatic carbocycles. The Morgan fingerprint density at radius 3 is 1.57 bits per heavy atom. The average molecular weight is 194 g/mol. The molecule has 0 N–H and O–H groups in total. The van der Waals surface area contributed by atoms with Crippen LogP contribution in [-0.2, 0) is 4.74 Å². The van der Waals surface area contributed by atoms with E-state index in [0.29, 0.717) is 0 Å². The van der Waals surface area contributed by atoms with Crippen molar-refractivity contribution in [3.05, 3.63) is 12.5 Å². The molecule has 1 nitrogen and oxygen atoms in total. The summed E-state index contributed by atoms with van der Waals surface area (Å²) in [5.41, 5.74) is 0. The van der Waals surface area contributed by atoms with Crippen molar-refractivity contribution in [2.45, 2.75) is 45.4 Å². The molecule has 4 rings (SSSR count). The van der Waals surface area contributed by atoms with Crippen LogP contribution in [0.5, 0.6) is 0 Å². The molecule has 0 unspecified atom stereocenters. The lowest BCUT2D eigenvalue weighted by Gasteiger charge is -2.49. The van der Waals surface area contributed by atoms with E-state index in [1.165, 1.54) is 19.3 Å². The molecule has 0 amide bonds. The molecule has 4 bridgehead atoms. The first-order chi connectivity index (χ1) is 6.81. The summed E-state index contributed by atoms with van der Waals surface area (Å²) in [7, 11) is 1.62. The maximum absolute atomic E-state index is 4.42. The van der Waals surface area contributed by atoms with Gasteiger partial charge < -0.3 is 4.74 Å². The molecule has 0 saturated heterocycles. The fraction of sp³-hybridized carbons (Fsp3) is 0.846. The van der Waals surface area contributed by atoms with Crippen LogP contribution in [0.15, 0.2) is 0 Å². The predicted octanol–water partition coefficient (Wildman–Crippen LogP) is 3.61. The highest BCUT2D eigenvalue weighted by atomic mass is 16.5. The van der Waals surface area contributed by atoms with Crippen molar-refractivity contribution in [3.8, 4) is 0 Å². The van der Waals surface area contributed by atoms with Crippen LogP contribution in [0.25, 0.3) is 0 Å². The fourth-order valence-electron chi connectivity index (χ4n) is 3.68. The summed E-state index contributed by atoms with van der Waals surface area (Å²) >= 11 is 0. The molecular formula is C13H22O. The standard InChI is InChI=1S/C10H15.C3H7O/c1-7-2-9-4-8(1)5-10(3-7)6-9;1-3-4-2/h7-9H,1-6H2;3H,1-2H3. The van der Waals surface area contributed by atoms with Crippen LogP contribution in [0.1, 0.15) is 45.4 Å². The second kappa shape index (κ2) is 4.65. The minimum atomic E-state index is 1.14. The zero-order chi connectivity index (χ0) is 9.97. The van der Waals surface area contributed by atoms with Gasteiger partial charge in [-0.3, -0.25) is 0 Å². The molecule has 4 aliphatic rings. The van der Waals surface area contributed by atoms with Gasteiger partial charge in [-0.1, -0.05) is 0 Å². The Hall–Kier alpha value is -0.0400. The van der Waals surface area contributed by atoms with Gasteiger partial charge in [0.2, 0.25) is 0 Å². The van der Waals surface area contributed by atoms with Crippen LogP contribution >= 0.6 is 0 Å². The normalized spacial score (nSPS) is 39.4. The fourth-order valence-corrected chi connectivity index (χ4v) is 3.68. The Balaban J connectivity index is 0.000000165. The lowest BCUT2D eigenvalue weighted by molar-refractivity contribution is 0.0920. The minimum absolute atomic E-state index is 1.14. The van der Waals surface area contributed by atoms with Crippen molar-refractivity contribution >= 4 is 0 Å². The largest absolute Gasteiger partial charge is 0.379 e. The van der Waals surface area contributed by atoms with Crippen molar-refractivity contribution in [2.75, 3.05) is 7.11 Å². The lowest BCUT2D eigenvalue weighted by atomic mass is 9.56. The van der Waals surface area contributed by atoms with Crippen LogP contribution in [0.2, 0.25) is 0 Å². The van der Waals surface area contributed by atoms with Gasteiger partial charge in [-0.2, -0.15) is 0 Å². The first-order valence-corrected chi connectivity index (χ1v) is 5.96. The monoisotopic (exact) mass is 194 g/mol. The molecule has 0 atom stereocenters. The molecule has 4 fully saturated rings. The third kappa shape index (κ3) is 2.31. The molecule has 4 saturated carbocycles. The summed E-state index contributed by atoms with van der Waals surface area (Å²) in [5.74, 6) is 5.35. The van der Waals surface area contributed by atoms with E-state index in [0.717, 1.165) is 17.8 Å². The van der Waals surface area contributed by atoms with E-state index in [9.17, 15) is 0 Å². The summed E-state index contributed by atoms with van der Waals surface area (Å²) in [6.45, 7) is 3.46. The summed E-state index contributed by atoms with van der Waals surface area (Å²) in [4.78, 5) is 0. The highest BCUT2D eigenvalue weighted by Crippen LogP contribution is 2.54. The molecule has 0 spiro atoms.